The van der Waals surface area contributed by atoms with Gasteiger partial charge >= 0.3 is 0 Å². The second-order valence-electron chi connectivity index (χ2n) is 2.69. The molecule has 4 nitrogen and oxygen atoms in total. The van der Waals surface area contributed by atoms with Gasteiger partial charge in [0.25, 0.3) is 0 Å². The Bertz CT molecular complexity index is 340. The van der Waals surface area contributed by atoms with E-state index in [9.17, 15) is 0 Å². The van der Waals surface area contributed by atoms with Crippen LogP contribution in [0.2, 0.25) is 0 Å². The molecule has 1 aromatic rings. The lowest BCUT2D eigenvalue weighted by Gasteiger charge is -1.99. The van der Waals surface area contributed by atoms with E-state index in [0.29, 0.717) is 0 Å². The number of aromatic nitrogens is 1. The van der Waals surface area contributed by atoms with E-state index in [1.807, 2.05) is 30.7 Å². The Morgan fingerprint density at radius 3 is 2.85 bits per heavy atom. The fourth-order valence-electron chi connectivity index (χ4n) is 0.925. The Morgan fingerprint density at radius 2 is 2.38 bits per heavy atom. The summed E-state index contributed by atoms with van der Waals surface area (Å²) < 4.78 is 2.02. The van der Waals surface area contributed by atoms with Gasteiger partial charge in [-0.05, 0) is 31.3 Å². The van der Waals surface area contributed by atoms with Gasteiger partial charge in [-0.2, -0.15) is 5.10 Å². The first kappa shape index (κ1) is 9.73. The molecule has 0 bridgehead atoms. The lowest BCUT2D eigenvalue weighted by Crippen LogP contribution is -2.24. The Kier molecular flexibility index (Phi) is 3.02. The molecule has 0 saturated heterocycles. The average Bonchev–Trinajstić information content (AvgIpc) is 2.35. The number of hydrogen-bond acceptors (Lipinski definition) is 2. The number of hydrogen-bond donors (Lipinski definition) is 2. The van der Waals surface area contributed by atoms with E-state index in [4.69, 9.17) is 5.73 Å². The minimum absolute atomic E-state index is 0.169. The number of nitrogens with one attached hydrogen (secondary N) is 1. The molecular formula is C8H12N4S. The van der Waals surface area contributed by atoms with Crippen LogP contribution in [-0.2, 0) is 7.05 Å². The summed E-state index contributed by atoms with van der Waals surface area (Å²) in [5, 5.41) is 4.02. The number of nitrogens with zero attached hydrogens (tertiary/aromatic N) is 2. The topological polar surface area (TPSA) is 55.3 Å². The molecule has 0 aromatic carbocycles. The van der Waals surface area contributed by atoms with Gasteiger partial charge in [0.1, 0.15) is 0 Å². The molecule has 0 spiro atoms. The zero-order valence-electron chi connectivity index (χ0n) is 7.61. The summed E-state index contributed by atoms with van der Waals surface area (Å²) in [6.07, 6.45) is 1.67. The van der Waals surface area contributed by atoms with E-state index < -0.39 is 0 Å². The third-order valence-electron chi connectivity index (χ3n) is 1.78. The highest BCUT2D eigenvalue weighted by Gasteiger charge is 1.96. The highest BCUT2D eigenvalue weighted by molar-refractivity contribution is 7.80. The second-order valence-corrected chi connectivity index (χ2v) is 3.13. The Hall–Kier alpha value is -1.36. The van der Waals surface area contributed by atoms with Crippen LogP contribution in [0.3, 0.4) is 0 Å². The SMILES string of the molecule is Cc1ccc(/C=N/NC(N)=S)n1C. The van der Waals surface area contributed by atoms with Crippen LogP contribution in [0, 0.1) is 6.92 Å². The van der Waals surface area contributed by atoms with Crippen molar-refractivity contribution in [2.24, 2.45) is 17.9 Å². The van der Waals surface area contributed by atoms with Crippen molar-refractivity contribution in [2.45, 2.75) is 6.92 Å². The minimum atomic E-state index is 0.169. The van der Waals surface area contributed by atoms with E-state index in [1.165, 1.54) is 5.69 Å². The van der Waals surface area contributed by atoms with Gasteiger partial charge in [-0.25, -0.2) is 0 Å². The van der Waals surface area contributed by atoms with Crippen LogP contribution in [0.4, 0.5) is 0 Å². The minimum Gasteiger partial charge on any atom is -0.375 e. The van der Waals surface area contributed by atoms with Crippen LogP contribution in [0.5, 0.6) is 0 Å². The first-order chi connectivity index (χ1) is 6.11. The average molecular weight is 196 g/mol. The zero-order chi connectivity index (χ0) is 9.84. The van der Waals surface area contributed by atoms with Crippen molar-refractivity contribution in [1.82, 2.24) is 9.99 Å². The highest BCUT2D eigenvalue weighted by atomic mass is 32.1. The molecule has 70 valence electrons. The largest absolute Gasteiger partial charge is 0.375 e. The summed E-state index contributed by atoms with van der Waals surface area (Å²) in [6, 6.07) is 3.99. The summed E-state index contributed by atoms with van der Waals surface area (Å²) in [5.74, 6) is 0. The molecule has 0 aliphatic rings. The summed E-state index contributed by atoms with van der Waals surface area (Å²) in [5.41, 5.74) is 9.87. The third-order valence-corrected chi connectivity index (χ3v) is 1.87. The van der Waals surface area contributed by atoms with Gasteiger partial charge in [-0.15, -0.1) is 0 Å². The summed E-state index contributed by atoms with van der Waals surface area (Å²) in [7, 11) is 1.97. The maximum Gasteiger partial charge on any atom is 0.184 e. The molecule has 0 atom stereocenters. The van der Waals surface area contributed by atoms with Crippen molar-refractivity contribution < 1.29 is 0 Å². The van der Waals surface area contributed by atoms with E-state index >= 15 is 0 Å². The molecule has 1 heterocycles. The number of rotatable bonds is 2. The van der Waals surface area contributed by atoms with Crippen molar-refractivity contribution in [3.63, 3.8) is 0 Å². The van der Waals surface area contributed by atoms with Gasteiger partial charge in [-0.3, -0.25) is 5.43 Å². The fraction of sp³-hybridized carbons (Fsp3) is 0.250. The standard InChI is InChI=1S/C8H12N4S/c1-6-3-4-7(12(6)2)5-10-11-8(9)13/h3-5H,1-2H3,(H3,9,11,13)/b10-5+. The predicted molar refractivity (Wildman–Crippen MR) is 57.7 cm³/mol. The first-order valence-corrected chi connectivity index (χ1v) is 4.23. The van der Waals surface area contributed by atoms with Crippen LogP contribution in [0.15, 0.2) is 17.2 Å². The van der Waals surface area contributed by atoms with Crippen LogP contribution in [-0.4, -0.2) is 15.9 Å². The molecule has 13 heavy (non-hydrogen) atoms. The van der Waals surface area contributed by atoms with Crippen molar-refractivity contribution in [1.29, 1.82) is 0 Å². The van der Waals surface area contributed by atoms with Crippen molar-refractivity contribution in [3.8, 4) is 0 Å². The van der Waals surface area contributed by atoms with Gasteiger partial charge < -0.3 is 10.3 Å². The zero-order valence-corrected chi connectivity index (χ0v) is 8.43. The molecule has 0 saturated carbocycles. The van der Waals surface area contributed by atoms with Crippen molar-refractivity contribution in [3.05, 3.63) is 23.5 Å². The second kappa shape index (κ2) is 4.04. The maximum absolute atomic E-state index is 5.20. The van der Waals surface area contributed by atoms with Gasteiger partial charge in [-0.1, -0.05) is 0 Å². The van der Waals surface area contributed by atoms with Gasteiger partial charge in [0.15, 0.2) is 5.11 Å². The maximum atomic E-state index is 5.20. The normalized spacial score (nSPS) is 10.6. The number of hydrazone groups is 1. The van der Waals surface area contributed by atoms with Gasteiger partial charge in [0.2, 0.25) is 0 Å². The van der Waals surface area contributed by atoms with Gasteiger partial charge in [0, 0.05) is 12.7 Å². The molecule has 5 heteroatoms. The highest BCUT2D eigenvalue weighted by Crippen LogP contribution is 2.02. The van der Waals surface area contributed by atoms with Crippen molar-refractivity contribution in [2.75, 3.05) is 0 Å². The Morgan fingerprint density at radius 1 is 1.69 bits per heavy atom. The fourth-order valence-corrected chi connectivity index (χ4v) is 0.978. The number of nitrogens with two attached hydrogens (primary N) is 1. The van der Waals surface area contributed by atoms with E-state index in [1.54, 1.807) is 6.21 Å². The lowest BCUT2D eigenvalue weighted by atomic mass is 10.4. The molecule has 3 N–H and O–H groups in total. The molecule has 0 fully saturated rings. The molecule has 0 amide bonds. The summed E-state index contributed by atoms with van der Waals surface area (Å²) in [4.78, 5) is 0. The quantitative estimate of drug-likeness (QED) is 0.411. The lowest BCUT2D eigenvalue weighted by molar-refractivity contribution is 0.872. The summed E-state index contributed by atoms with van der Waals surface area (Å²) in [6.45, 7) is 2.03. The van der Waals surface area contributed by atoms with Crippen LogP contribution in [0.25, 0.3) is 0 Å². The molecular weight excluding hydrogens is 184 g/mol. The monoisotopic (exact) mass is 196 g/mol. The van der Waals surface area contributed by atoms with Crippen molar-refractivity contribution >= 4 is 23.5 Å². The molecule has 1 rings (SSSR count). The van der Waals surface area contributed by atoms with E-state index in [-0.39, 0.29) is 5.11 Å². The summed E-state index contributed by atoms with van der Waals surface area (Å²) >= 11 is 4.60. The predicted octanol–water partition coefficient (Wildman–Crippen LogP) is 0.501. The molecule has 0 unspecified atom stereocenters. The molecule has 0 aliphatic carbocycles. The van der Waals surface area contributed by atoms with Crippen LogP contribution >= 0.6 is 12.2 Å². The number of aryl methyl sites for hydroxylation is 1. The Balaban J connectivity index is 2.69. The smallest absolute Gasteiger partial charge is 0.184 e. The Labute approximate surface area is 82.4 Å². The third kappa shape index (κ3) is 2.55. The van der Waals surface area contributed by atoms with E-state index in [2.05, 4.69) is 22.7 Å². The molecule has 0 aliphatic heterocycles. The first-order valence-electron chi connectivity index (χ1n) is 3.82. The van der Waals surface area contributed by atoms with Crippen LogP contribution < -0.4 is 11.2 Å². The molecule has 0 radical (unpaired) electrons. The van der Waals surface area contributed by atoms with Crippen LogP contribution in [0.1, 0.15) is 11.4 Å². The molecule has 1 aromatic heterocycles. The van der Waals surface area contributed by atoms with E-state index in [0.717, 1.165) is 5.69 Å². The van der Waals surface area contributed by atoms with Gasteiger partial charge in [0.05, 0.1) is 11.9 Å². The number of thiocarbonyl (C=S) groups is 1.